The van der Waals surface area contributed by atoms with Gasteiger partial charge in [-0.3, -0.25) is 0 Å². The monoisotopic (exact) mass is 354 g/mol. The van der Waals surface area contributed by atoms with Crippen LogP contribution >= 0.6 is 0 Å². The van der Waals surface area contributed by atoms with Crippen LogP contribution in [0.25, 0.3) is 11.5 Å². The number of ether oxygens (including phenoxy) is 1. The maximum atomic E-state index is 5.69. The zero-order chi connectivity index (χ0) is 18.3. The van der Waals surface area contributed by atoms with E-state index < -0.39 is 0 Å². The Labute approximate surface area is 156 Å². The van der Waals surface area contributed by atoms with Crippen LogP contribution in [0.4, 0.5) is 0 Å². The molecular formula is C22H30N2O2. The van der Waals surface area contributed by atoms with E-state index in [1.165, 1.54) is 12.8 Å². The second-order valence-electron chi connectivity index (χ2n) is 8.54. The molecule has 3 fully saturated rings. The summed E-state index contributed by atoms with van der Waals surface area (Å²) in [4.78, 5) is 4.65. The van der Waals surface area contributed by atoms with Crippen molar-refractivity contribution < 1.29 is 9.15 Å². The molecular weight excluding hydrogens is 324 g/mol. The van der Waals surface area contributed by atoms with Crippen LogP contribution in [0.2, 0.25) is 0 Å². The summed E-state index contributed by atoms with van der Waals surface area (Å²) in [5, 5.41) is 3.73. The SMILES string of the molecule is CCOc1ccc(-c2nc(CNC3C[C@H]4C[C@@H]([C@@H]3C)C4(C)C)co2)cc1. The number of oxazole rings is 1. The highest BCUT2D eigenvalue weighted by atomic mass is 16.5. The van der Waals surface area contributed by atoms with Crippen molar-refractivity contribution in [2.75, 3.05) is 6.61 Å². The number of rotatable bonds is 6. The van der Waals surface area contributed by atoms with Gasteiger partial charge in [-0.15, -0.1) is 0 Å². The molecule has 0 amide bonds. The molecule has 26 heavy (non-hydrogen) atoms. The van der Waals surface area contributed by atoms with Gasteiger partial charge in [0.25, 0.3) is 0 Å². The van der Waals surface area contributed by atoms with Crippen molar-refractivity contribution in [1.82, 2.24) is 10.3 Å². The van der Waals surface area contributed by atoms with Crippen LogP contribution in [0.5, 0.6) is 5.75 Å². The normalized spacial score (nSPS) is 29.2. The number of benzene rings is 1. The minimum atomic E-state index is 0.534. The number of hydrogen-bond donors (Lipinski definition) is 1. The van der Waals surface area contributed by atoms with E-state index >= 15 is 0 Å². The van der Waals surface area contributed by atoms with Gasteiger partial charge in [-0.05, 0) is 67.2 Å². The van der Waals surface area contributed by atoms with E-state index in [4.69, 9.17) is 9.15 Å². The highest BCUT2D eigenvalue weighted by Gasteiger charge is 2.55. The molecule has 4 nitrogen and oxygen atoms in total. The molecule has 2 aromatic rings. The van der Waals surface area contributed by atoms with Gasteiger partial charge in [-0.25, -0.2) is 4.98 Å². The smallest absolute Gasteiger partial charge is 0.226 e. The average Bonchev–Trinajstić information content (AvgIpc) is 3.10. The lowest BCUT2D eigenvalue weighted by Crippen LogP contribution is -2.59. The maximum Gasteiger partial charge on any atom is 0.226 e. The summed E-state index contributed by atoms with van der Waals surface area (Å²) >= 11 is 0. The molecule has 4 heteroatoms. The summed E-state index contributed by atoms with van der Waals surface area (Å²) in [6, 6.07) is 8.49. The van der Waals surface area contributed by atoms with Gasteiger partial charge in [0.1, 0.15) is 12.0 Å². The van der Waals surface area contributed by atoms with Gasteiger partial charge in [0.15, 0.2) is 0 Å². The van der Waals surface area contributed by atoms with Crippen LogP contribution in [0.1, 0.15) is 46.2 Å². The Balaban J connectivity index is 1.36. The van der Waals surface area contributed by atoms with Crippen LogP contribution in [-0.2, 0) is 6.54 Å². The first kappa shape index (κ1) is 17.6. The first-order valence-corrected chi connectivity index (χ1v) is 9.90. The Bertz CT molecular complexity index is 750. The molecule has 1 unspecified atom stereocenters. The van der Waals surface area contributed by atoms with Crippen molar-refractivity contribution >= 4 is 0 Å². The first-order chi connectivity index (χ1) is 12.5. The van der Waals surface area contributed by atoms with Gasteiger partial charge in [-0.2, -0.15) is 0 Å². The number of fused-ring (bicyclic) bond motifs is 2. The fourth-order valence-corrected chi connectivity index (χ4v) is 5.04. The maximum absolute atomic E-state index is 5.69. The van der Waals surface area contributed by atoms with Gasteiger partial charge in [0.05, 0.1) is 12.3 Å². The fraction of sp³-hybridized carbons (Fsp3) is 0.591. The lowest BCUT2D eigenvalue weighted by atomic mass is 9.45. The third-order valence-electron chi connectivity index (χ3n) is 6.86. The largest absolute Gasteiger partial charge is 0.494 e. The molecule has 1 heterocycles. The Kier molecular flexibility index (Phi) is 4.55. The zero-order valence-electron chi connectivity index (χ0n) is 16.3. The molecule has 4 atom stereocenters. The van der Waals surface area contributed by atoms with Crippen molar-refractivity contribution in [1.29, 1.82) is 0 Å². The standard InChI is InChI=1S/C22H30N2O2/c1-5-25-18-8-6-15(7-9-18)21-24-17(13-26-21)12-23-20-11-16-10-19(14(20)2)22(16,3)4/h6-9,13-14,16,19-20,23H,5,10-12H2,1-4H3/t14-,16+,19-,20?/m0/s1. The molecule has 2 bridgehead atoms. The van der Waals surface area contributed by atoms with Crippen LogP contribution in [0.3, 0.4) is 0 Å². The number of nitrogens with one attached hydrogen (secondary N) is 1. The van der Waals surface area contributed by atoms with Crippen molar-refractivity contribution in [2.45, 2.75) is 53.1 Å². The summed E-state index contributed by atoms with van der Waals surface area (Å²) < 4.78 is 11.2. The molecule has 3 aliphatic carbocycles. The van der Waals surface area contributed by atoms with Crippen molar-refractivity contribution in [2.24, 2.45) is 23.2 Å². The lowest BCUT2D eigenvalue weighted by molar-refractivity contribution is -0.115. The Hall–Kier alpha value is -1.81. The van der Waals surface area contributed by atoms with Crippen LogP contribution in [0.15, 0.2) is 34.9 Å². The van der Waals surface area contributed by atoms with E-state index in [1.807, 2.05) is 31.2 Å². The molecule has 0 aliphatic heterocycles. The summed E-state index contributed by atoms with van der Waals surface area (Å²) in [6.45, 7) is 10.7. The zero-order valence-corrected chi connectivity index (χ0v) is 16.3. The highest BCUT2D eigenvalue weighted by Crippen LogP contribution is 2.61. The van der Waals surface area contributed by atoms with Crippen LogP contribution in [-0.4, -0.2) is 17.6 Å². The van der Waals surface area contributed by atoms with E-state index in [9.17, 15) is 0 Å². The summed E-state index contributed by atoms with van der Waals surface area (Å²) in [5.74, 6) is 4.00. The van der Waals surface area contributed by atoms with Gasteiger partial charge in [0, 0.05) is 18.2 Å². The predicted molar refractivity (Wildman–Crippen MR) is 103 cm³/mol. The van der Waals surface area contributed by atoms with Gasteiger partial charge >= 0.3 is 0 Å². The minimum Gasteiger partial charge on any atom is -0.494 e. The fourth-order valence-electron chi connectivity index (χ4n) is 5.04. The Morgan fingerprint density at radius 3 is 2.65 bits per heavy atom. The second-order valence-corrected chi connectivity index (χ2v) is 8.54. The number of nitrogens with zero attached hydrogens (tertiary/aromatic N) is 1. The molecule has 1 N–H and O–H groups in total. The van der Waals surface area contributed by atoms with Gasteiger partial charge < -0.3 is 14.5 Å². The predicted octanol–water partition coefficient (Wildman–Crippen LogP) is 4.90. The Morgan fingerprint density at radius 2 is 2.00 bits per heavy atom. The van der Waals surface area contributed by atoms with Crippen molar-refractivity contribution in [3.63, 3.8) is 0 Å². The minimum absolute atomic E-state index is 0.534. The van der Waals surface area contributed by atoms with E-state index in [-0.39, 0.29) is 0 Å². The quantitative estimate of drug-likeness (QED) is 0.801. The highest BCUT2D eigenvalue weighted by molar-refractivity contribution is 5.54. The van der Waals surface area contributed by atoms with Crippen LogP contribution in [0, 0.1) is 23.2 Å². The van der Waals surface area contributed by atoms with Crippen LogP contribution < -0.4 is 10.1 Å². The molecule has 1 aromatic carbocycles. The summed E-state index contributed by atoms with van der Waals surface area (Å²) in [7, 11) is 0. The van der Waals surface area contributed by atoms with E-state index in [1.54, 1.807) is 6.26 Å². The molecule has 0 radical (unpaired) electrons. The van der Waals surface area contributed by atoms with E-state index in [0.29, 0.717) is 24.0 Å². The molecule has 1 aromatic heterocycles. The summed E-state index contributed by atoms with van der Waals surface area (Å²) in [5.41, 5.74) is 2.49. The summed E-state index contributed by atoms with van der Waals surface area (Å²) in [6.07, 6.45) is 4.48. The van der Waals surface area contributed by atoms with Crippen molar-refractivity contribution in [3.05, 3.63) is 36.2 Å². The topological polar surface area (TPSA) is 47.3 Å². The average molecular weight is 354 g/mol. The lowest BCUT2D eigenvalue weighted by Gasteiger charge is -2.62. The molecule has 140 valence electrons. The first-order valence-electron chi connectivity index (χ1n) is 9.90. The number of hydrogen-bond acceptors (Lipinski definition) is 4. The third kappa shape index (κ3) is 3.05. The van der Waals surface area contributed by atoms with Crippen molar-refractivity contribution in [3.8, 4) is 17.2 Å². The molecule has 0 saturated heterocycles. The molecule has 3 aliphatic rings. The molecule has 3 saturated carbocycles. The number of aromatic nitrogens is 1. The van der Waals surface area contributed by atoms with E-state index in [2.05, 4.69) is 31.1 Å². The molecule has 5 rings (SSSR count). The Morgan fingerprint density at radius 1 is 1.23 bits per heavy atom. The van der Waals surface area contributed by atoms with Gasteiger partial charge in [0.2, 0.25) is 5.89 Å². The molecule has 0 spiro atoms. The second kappa shape index (κ2) is 6.73. The van der Waals surface area contributed by atoms with Gasteiger partial charge in [-0.1, -0.05) is 20.8 Å². The van der Waals surface area contributed by atoms with E-state index in [0.717, 1.165) is 41.3 Å². The third-order valence-corrected chi connectivity index (χ3v) is 6.86.